The zero-order valence-electron chi connectivity index (χ0n) is 22.8. The summed E-state index contributed by atoms with van der Waals surface area (Å²) in [6, 6.07) is 4.09. The zero-order valence-corrected chi connectivity index (χ0v) is 23.6. The van der Waals surface area contributed by atoms with Crippen molar-refractivity contribution >= 4 is 23.4 Å². The van der Waals surface area contributed by atoms with E-state index < -0.39 is 23.6 Å². The highest BCUT2D eigenvalue weighted by molar-refractivity contribution is 7.98. The fraction of sp³-hybridized carbons (Fsp3) is 0.654. The van der Waals surface area contributed by atoms with Gasteiger partial charge in [0.2, 0.25) is 0 Å². The van der Waals surface area contributed by atoms with Crippen molar-refractivity contribution < 1.29 is 28.5 Å². The highest BCUT2D eigenvalue weighted by Crippen LogP contribution is 2.47. The molecule has 0 aromatic carbocycles. The lowest BCUT2D eigenvalue weighted by molar-refractivity contribution is -0.167. The third-order valence-corrected chi connectivity index (χ3v) is 7.31. The summed E-state index contributed by atoms with van der Waals surface area (Å²) in [7, 11) is 0. The Bertz CT molecular complexity index is 1190. The molecule has 208 valence electrons. The Labute approximate surface area is 227 Å². The molecular formula is C26H37N5O6S. The first-order valence-corrected chi connectivity index (χ1v) is 14.2. The minimum absolute atomic E-state index is 0.0635. The first kappa shape index (κ1) is 27.0. The van der Waals surface area contributed by atoms with Crippen LogP contribution in [0, 0.1) is 0 Å². The lowest BCUT2D eigenvalue weighted by Gasteiger charge is -2.35. The van der Waals surface area contributed by atoms with Crippen molar-refractivity contribution in [3.8, 4) is 0 Å². The second-order valence-corrected chi connectivity index (χ2v) is 11.9. The van der Waals surface area contributed by atoms with Gasteiger partial charge in [0.05, 0.1) is 30.5 Å². The third kappa shape index (κ3) is 5.73. The van der Waals surface area contributed by atoms with Gasteiger partial charge in [-0.15, -0.1) is 11.8 Å². The first-order valence-electron chi connectivity index (χ1n) is 13.0. The van der Waals surface area contributed by atoms with Gasteiger partial charge in [0.25, 0.3) is 0 Å². The van der Waals surface area contributed by atoms with E-state index in [4.69, 9.17) is 23.7 Å². The van der Waals surface area contributed by atoms with Crippen LogP contribution in [-0.2, 0) is 23.7 Å². The maximum absolute atomic E-state index is 12.1. The van der Waals surface area contributed by atoms with Crippen molar-refractivity contribution in [3.63, 3.8) is 0 Å². The fourth-order valence-corrected chi connectivity index (χ4v) is 5.57. The van der Waals surface area contributed by atoms with Crippen LogP contribution >= 0.6 is 11.8 Å². The van der Waals surface area contributed by atoms with Crippen LogP contribution in [0.2, 0.25) is 0 Å². The van der Waals surface area contributed by atoms with Gasteiger partial charge in [0.15, 0.2) is 11.9 Å². The van der Waals surface area contributed by atoms with Crippen LogP contribution in [-0.4, -0.2) is 87.8 Å². The van der Waals surface area contributed by atoms with Gasteiger partial charge in [-0.1, -0.05) is 0 Å². The van der Waals surface area contributed by atoms with Gasteiger partial charge in [0, 0.05) is 19.3 Å². The van der Waals surface area contributed by atoms with E-state index in [-0.39, 0.29) is 18.2 Å². The van der Waals surface area contributed by atoms with Crippen molar-refractivity contribution in [1.29, 1.82) is 0 Å². The molecule has 0 unspecified atom stereocenters. The van der Waals surface area contributed by atoms with E-state index in [0.717, 1.165) is 16.2 Å². The number of morpholine rings is 1. The molecule has 2 aromatic rings. The lowest BCUT2D eigenvalue weighted by Crippen LogP contribution is -2.44. The van der Waals surface area contributed by atoms with Gasteiger partial charge in [-0.2, -0.15) is 5.10 Å². The predicted molar refractivity (Wildman–Crippen MR) is 141 cm³/mol. The molecule has 3 aliphatic heterocycles. The van der Waals surface area contributed by atoms with Crippen molar-refractivity contribution in [2.24, 2.45) is 0 Å². The van der Waals surface area contributed by atoms with E-state index in [1.165, 1.54) is 0 Å². The summed E-state index contributed by atoms with van der Waals surface area (Å²) in [6.07, 6.45) is 4.79. The molecule has 3 aliphatic rings. The summed E-state index contributed by atoms with van der Waals surface area (Å²) in [5.74, 6) is -0.0308. The van der Waals surface area contributed by atoms with Gasteiger partial charge in [-0.05, 0) is 59.4 Å². The smallest absolute Gasteiger partial charge is 0.407 e. The van der Waals surface area contributed by atoms with E-state index in [2.05, 4.69) is 20.3 Å². The summed E-state index contributed by atoms with van der Waals surface area (Å²) in [5, 5.41) is 8.24. The summed E-state index contributed by atoms with van der Waals surface area (Å²) < 4.78 is 32.2. The number of fused-ring (bicyclic) bond motifs is 2. The van der Waals surface area contributed by atoms with E-state index in [1.807, 2.05) is 63.7 Å². The minimum atomic E-state index is -0.745. The van der Waals surface area contributed by atoms with E-state index in [1.54, 1.807) is 18.1 Å². The van der Waals surface area contributed by atoms with Gasteiger partial charge in [-0.3, -0.25) is 0 Å². The molecule has 2 aromatic heterocycles. The van der Waals surface area contributed by atoms with Crippen molar-refractivity contribution in [2.75, 3.05) is 32.6 Å². The van der Waals surface area contributed by atoms with Crippen LogP contribution in [0.25, 0.3) is 5.52 Å². The van der Waals surface area contributed by atoms with Gasteiger partial charge in [-0.25, -0.2) is 14.3 Å². The Morgan fingerprint density at radius 2 is 2.11 bits per heavy atom. The lowest BCUT2D eigenvalue weighted by atomic mass is 10.1. The quantitative estimate of drug-likeness (QED) is 0.540. The third-order valence-electron chi connectivity index (χ3n) is 6.61. The SMILES string of the molecule is CSc1ncnn2c([C@@H]3O/C(=C/N4CCOC[C@H]4CCNC(=O)OC(C)(C)C)[C@H]4OC(C)(C)O[C@H]43)ccc12. The molecule has 0 radical (unpaired) electrons. The Morgan fingerprint density at radius 1 is 1.29 bits per heavy atom. The Balaban J connectivity index is 1.35. The molecule has 1 amide bonds. The Morgan fingerprint density at radius 3 is 2.87 bits per heavy atom. The van der Waals surface area contributed by atoms with Gasteiger partial charge >= 0.3 is 6.09 Å². The highest BCUT2D eigenvalue weighted by atomic mass is 32.2. The maximum Gasteiger partial charge on any atom is 0.407 e. The number of rotatable bonds is 6. The second kappa shape index (κ2) is 10.6. The standard InChI is InChI=1S/C26H37N5O6S/c1-25(2,3)37-24(32)27-10-9-16-14-33-12-11-30(16)13-19-21-22(36-26(4,5)35-21)20(34-19)17-7-8-18-23(38-6)28-15-29-31(17)18/h7-8,13,15-16,20-22H,9-12,14H2,1-6H3,(H,27,32)/b19-13+/t16-,20+,21-,22+/m1/s1. The largest absolute Gasteiger partial charge is 0.481 e. The Kier molecular flexibility index (Phi) is 7.51. The molecule has 0 spiro atoms. The zero-order chi connectivity index (χ0) is 27.1. The number of nitrogens with zero attached hydrogens (tertiary/aromatic N) is 4. The number of amides is 1. The number of carbonyl (C=O) groups excluding carboxylic acids is 1. The molecule has 11 nitrogen and oxygen atoms in total. The molecule has 0 aliphatic carbocycles. The molecule has 5 rings (SSSR count). The second-order valence-electron chi connectivity index (χ2n) is 11.1. The van der Waals surface area contributed by atoms with Crippen LogP contribution in [0.1, 0.15) is 52.8 Å². The average molecular weight is 548 g/mol. The summed E-state index contributed by atoms with van der Waals surface area (Å²) in [5.41, 5.74) is 1.28. The predicted octanol–water partition coefficient (Wildman–Crippen LogP) is 3.50. The summed E-state index contributed by atoms with van der Waals surface area (Å²) >= 11 is 1.58. The monoisotopic (exact) mass is 547 g/mol. The van der Waals surface area contributed by atoms with Crippen LogP contribution in [0.5, 0.6) is 0 Å². The fourth-order valence-electron chi connectivity index (χ4n) is 5.05. The normalized spacial score (nSPS) is 27.9. The molecular weight excluding hydrogens is 510 g/mol. The van der Waals surface area contributed by atoms with Crippen molar-refractivity contribution in [1.82, 2.24) is 24.8 Å². The molecule has 0 bridgehead atoms. The number of hydrogen-bond donors (Lipinski definition) is 1. The van der Waals surface area contributed by atoms with Crippen molar-refractivity contribution in [3.05, 3.63) is 36.1 Å². The molecule has 0 saturated carbocycles. The Hall–Kier alpha value is -2.54. The van der Waals surface area contributed by atoms with E-state index >= 15 is 0 Å². The molecule has 3 saturated heterocycles. The van der Waals surface area contributed by atoms with Crippen LogP contribution < -0.4 is 5.32 Å². The van der Waals surface area contributed by atoms with E-state index in [9.17, 15) is 4.79 Å². The number of ether oxygens (including phenoxy) is 5. The number of carbonyl (C=O) groups is 1. The molecule has 5 heterocycles. The number of thioether (sulfide) groups is 1. The molecule has 4 atom stereocenters. The molecule has 38 heavy (non-hydrogen) atoms. The number of alkyl carbamates (subject to hydrolysis) is 1. The van der Waals surface area contributed by atoms with Crippen LogP contribution in [0.4, 0.5) is 4.79 Å². The van der Waals surface area contributed by atoms with Crippen LogP contribution in [0.3, 0.4) is 0 Å². The molecule has 3 fully saturated rings. The topological polar surface area (TPSA) is 109 Å². The first-order chi connectivity index (χ1) is 18.0. The van der Waals surface area contributed by atoms with E-state index in [0.29, 0.717) is 38.5 Å². The van der Waals surface area contributed by atoms with Gasteiger partial charge < -0.3 is 33.9 Å². The number of aromatic nitrogens is 3. The van der Waals surface area contributed by atoms with Crippen molar-refractivity contribution in [2.45, 2.75) is 81.8 Å². The summed E-state index contributed by atoms with van der Waals surface area (Å²) in [4.78, 5) is 18.7. The minimum Gasteiger partial charge on any atom is -0.481 e. The van der Waals surface area contributed by atoms with Gasteiger partial charge in [0.1, 0.15) is 34.9 Å². The molecule has 12 heteroatoms. The maximum atomic E-state index is 12.1. The average Bonchev–Trinajstić information content (AvgIpc) is 3.50. The number of nitrogens with one attached hydrogen (secondary N) is 1. The molecule has 1 N–H and O–H groups in total. The summed E-state index contributed by atoms with van der Waals surface area (Å²) in [6.45, 7) is 11.7. The van der Waals surface area contributed by atoms with Crippen LogP contribution in [0.15, 0.2) is 35.4 Å². The number of hydrogen-bond acceptors (Lipinski definition) is 10. The highest BCUT2D eigenvalue weighted by Gasteiger charge is 2.55.